The van der Waals surface area contributed by atoms with Crippen molar-refractivity contribution in [3.05, 3.63) is 12.7 Å². The van der Waals surface area contributed by atoms with Gasteiger partial charge in [-0.05, 0) is 13.3 Å². The van der Waals surface area contributed by atoms with Crippen molar-refractivity contribution in [2.24, 2.45) is 0 Å². The average Bonchev–Trinajstić information content (AvgIpc) is 2.00. The molecule has 0 aromatic heterocycles. The molecule has 1 amide bonds. The van der Waals surface area contributed by atoms with Gasteiger partial charge in [-0.15, -0.1) is 13.0 Å². The number of rotatable bonds is 4. The number of carbonyl (C=O) groups is 1. The van der Waals surface area contributed by atoms with Crippen LogP contribution in [-0.4, -0.2) is 11.9 Å². The molecule has 0 aliphatic carbocycles. The van der Waals surface area contributed by atoms with E-state index in [0.29, 0.717) is 12.8 Å². The minimum atomic E-state index is -0.174. The van der Waals surface area contributed by atoms with Crippen molar-refractivity contribution < 1.29 is 4.79 Å². The SMILES string of the molecule is C#CC(C)NC(=O)CCC=C. The van der Waals surface area contributed by atoms with E-state index in [1.807, 2.05) is 0 Å². The predicted octanol–water partition coefficient (Wildman–Crippen LogP) is 1.09. The van der Waals surface area contributed by atoms with Crippen LogP contribution in [0.4, 0.5) is 0 Å². The largest absolute Gasteiger partial charge is 0.343 e. The van der Waals surface area contributed by atoms with E-state index >= 15 is 0 Å². The first-order valence-electron chi connectivity index (χ1n) is 3.57. The van der Waals surface area contributed by atoms with Crippen LogP contribution in [0.15, 0.2) is 12.7 Å². The van der Waals surface area contributed by atoms with E-state index in [9.17, 15) is 4.79 Å². The minimum absolute atomic E-state index is 0.0182. The van der Waals surface area contributed by atoms with E-state index in [1.165, 1.54) is 0 Å². The maximum atomic E-state index is 10.9. The molecule has 0 saturated carbocycles. The molecule has 1 unspecified atom stereocenters. The summed E-state index contributed by atoms with van der Waals surface area (Å²) in [6.07, 6.45) is 7.94. The van der Waals surface area contributed by atoms with Crippen LogP contribution in [0.1, 0.15) is 19.8 Å². The number of terminal acetylenes is 1. The van der Waals surface area contributed by atoms with Gasteiger partial charge < -0.3 is 5.32 Å². The van der Waals surface area contributed by atoms with E-state index in [2.05, 4.69) is 17.8 Å². The van der Waals surface area contributed by atoms with Gasteiger partial charge in [0.15, 0.2) is 0 Å². The second kappa shape index (κ2) is 5.55. The summed E-state index contributed by atoms with van der Waals surface area (Å²) in [6, 6.07) is -0.174. The van der Waals surface area contributed by atoms with Crippen molar-refractivity contribution in [1.82, 2.24) is 5.32 Å². The molecule has 2 nitrogen and oxygen atoms in total. The summed E-state index contributed by atoms with van der Waals surface area (Å²) in [6.45, 7) is 5.28. The molecule has 0 heterocycles. The zero-order chi connectivity index (χ0) is 8.69. The van der Waals surface area contributed by atoms with Gasteiger partial charge in [0.05, 0.1) is 6.04 Å². The Morgan fingerprint density at radius 2 is 2.55 bits per heavy atom. The Morgan fingerprint density at radius 1 is 1.91 bits per heavy atom. The predicted molar refractivity (Wildman–Crippen MR) is 45.9 cm³/mol. The molecule has 0 aliphatic rings. The zero-order valence-corrected chi connectivity index (χ0v) is 6.76. The normalized spacial score (nSPS) is 11.3. The summed E-state index contributed by atoms with van der Waals surface area (Å²) in [7, 11) is 0. The second-order valence-electron chi connectivity index (χ2n) is 2.28. The van der Waals surface area contributed by atoms with E-state index in [-0.39, 0.29) is 11.9 Å². The van der Waals surface area contributed by atoms with E-state index < -0.39 is 0 Å². The van der Waals surface area contributed by atoms with Crippen molar-refractivity contribution in [2.45, 2.75) is 25.8 Å². The Bertz CT molecular complexity index is 178. The van der Waals surface area contributed by atoms with Crippen molar-refractivity contribution in [1.29, 1.82) is 0 Å². The highest BCUT2D eigenvalue weighted by Gasteiger charge is 2.01. The molecular formula is C9H13NO. The molecule has 0 spiro atoms. The molecule has 1 atom stereocenters. The Hall–Kier alpha value is -1.23. The first kappa shape index (κ1) is 9.77. The molecule has 11 heavy (non-hydrogen) atoms. The first-order valence-corrected chi connectivity index (χ1v) is 3.57. The molecule has 0 aliphatic heterocycles. The fraction of sp³-hybridized carbons (Fsp3) is 0.444. The van der Waals surface area contributed by atoms with Crippen LogP contribution in [0.25, 0.3) is 0 Å². The molecule has 0 saturated heterocycles. The van der Waals surface area contributed by atoms with Crippen LogP contribution >= 0.6 is 0 Å². The number of nitrogens with one attached hydrogen (secondary N) is 1. The van der Waals surface area contributed by atoms with Crippen LogP contribution in [0.5, 0.6) is 0 Å². The average molecular weight is 151 g/mol. The van der Waals surface area contributed by atoms with Crippen molar-refractivity contribution in [3.8, 4) is 12.3 Å². The summed E-state index contributed by atoms with van der Waals surface area (Å²) in [5.74, 6) is 2.40. The Balaban J connectivity index is 3.53. The number of hydrogen-bond donors (Lipinski definition) is 1. The Kier molecular flexibility index (Phi) is 4.93. The van der Waals surface area contributed by atoms with Gasteiger partial charge >= 0.3 is 0 Å². The van der Waals surface area contributed by atoms with Gasteiger partial charge in [0, 0.05) is 6.42 Å². The monoisotopic (exact) mass is 151 g/mol. The topological polar surface area (TPSA) is 29.1 Å². The van der Waals surface area contributed by atoms with Crippen molar-refractivity contribution in [3.63, 3.8) is 0 Å². The van der Waals surface area contributed by atoms with Gasteiger partial charge in [-0.3, -0.25) is 4.79 Å². The second-order valence-corrected chi connectivity index (χ2v) is 2.28. The lowest BCUT2D eigenvalue weighted by Gasteiger charge is -2.05. The van der Waals surface area contributed by atoms with Crippen molar-refractivity contribution >= 4 is 5.91 Å². The first-order chi connectivity index (χ1) is 5.20. The highest BCUT2D eigenvalue weighted by Crippen LogP contribution is 1.89. The van der Waals surface area contributed by atoms with Gasteiger partial charge in [-0.1, -0.05) is 12.0 Å². The van der Waals surface area contributed by atoms with Crippen LogP contribution in [0.2, 0.25) is 0 Å². The molecule has 1 N–H and O–H groups in total. The fourth-order valence-electron chi connectivity index (χ4n) is 0.588. The molecule has 0 aromatic carbocycles. The molecule has 0 bridgehead atoms. The van der Waals surface area contributed by atoms with Crippen molar-refractivity contribution in [2.75, 3.05) is 0 Å². The lowest BCUT2D eigenvalue weighted by molar-refractivity contribution is -0.121. The van der Waals surface area contributed by atoms with Gasteiger partial charge in [-0.25, -0.2) is 0 Å². The van der Waals surface area contributed by atoms with Crippen LogP contribution < -0.4 is 5.32 Å². The molecule has 0 fully saturated rings. The van der Waals surface area contributed by atoms with Gasteiger partial charge in [-0.2, -0.15) is 0 Å². The van der Waals surface area contributed by atoms with Gasteiger partial charge in [0.2, 0.25) is 5.91 Å². The summed E-state index contributed by atoms with van der Waals surface area (Å²) in [5.41, 5.74) is 0. The third-order valence-electron chi connectivity index (χ3n) is 1.20. The van der Waals surface area contributed by atoms with Crippen LogP contribution in [0, 0.1) is 12.3 Å². The minimum Gasteiger partial charge on any atom is -0.343 e. The zero-order valence-electron chi connectivity index (χ0n) is 6.76. The Labute approximate surface area is 67.7 Å². The molecule has 0 rings (SSSR count). The lowest BCUT2D eigenvalue weighted by Crippen LogP contribution is -2.30. The molecule has 0 aromatic rings. The van der Waals surface area contributed by atoms with Crippen LogP contribution in [0.3, 0.4) is 0 Å². The number of carbonyl (C=O) groups excluding carboxylic acids is 1. The summed E-state index contributed by atoms with van der Waals surface area (Å²) < 4.78 is 0. The number of hydrogen-bond acceptors (Lipinski definition) is 1. The third kappa shape index (κ3) is 5.23. The van der Waals surface area contributed by atoms with Gasteiger partial charge in [0.1, 0.15) is 0 Å². The Morgan fingerprint density at radius 3 is 3.00 bits per heavy atom. The summed E-state index contributed by atoms with van der Waals surface area (Å²) >= 11 is 0. The van der Waals surface area contributed by atoms with E-state index in [4.69, 9.17) is 6.42 Å². The quantitative estimate of drug-likeness (QED) is 0.473. The summed E-state index contributed by atoms with van der Waals surface area (Å²) in [5, 5.41) is 2.64. The highest BCUT2D eigenvalue weighted by atomic mass is 16.1. The molecule has 60 valence electrons. The number of amides is 1. The van der Waals surface area contributed by atoms with Gasteiger partial charge in [0.25, 0.3) is 0 Å². The highest BCUT2D eigenvalue weighted by molar-refractivity contribution is 5.76. The summed E-state index contributed by atoms with van der Waals surface area (Å²) in [4.78, 5) is 10.9. The smallest absolute Gasteiger partial charge is 0.221 e. The fourth-order valence-corrected chi connectivity index (χ4v) is 0.588. The lowest BCUT2D eigenvalue weighted by atomic mass is 10.2. The van der Waals surface area contributed by atoms with Crippen LogP contribution in [-0.2, 0) is 4.79 Å². The standard InChI is InChI=1S/C9H13NO/c1-4-6-7-9(11)10-8(3)5-2/h2,4,8H,1,6-7H2,3H3,(H,10,11). The molecule has 0 radical (unpaired) electrons. The number of allylic oxidation sites excluding steroid dienone is 1. The van der Waals surface area contributed by atoms with E-state index in [0.717, 1.165) is 0 Å². The maximum absolute atomic E-state index is 10.9. The molecule has 2 heteroatoms. The van der Waals surface area contributed by atoms with E-state index in [1.54, 1.807) is 13.0 Å². The maximum Gasteiger partial charge on any atom is 0.221 e. The molecular weight excluding hydrogens is 138 g/mol. The third-order valence-corrected chi connectivity index (χ3v) is 1.20.